The molecule has 0 fully saturated rings. The van der Waals surface area contributed by atoms with Crippen molar-refractivity contribution in [1.82, 2.24) is 19.7 Å². The third-order valence-electron chi connectivity index (χ3n) is 3.68. The summed E-state index contributed by atoms with van der Waals surface area (Å²) >= 11 is 4.60. The van der Waals surface area contributed by atoms with E-state index in [0.717, 1.165) is 10.2 Å². The number of nitrogens with zero attached hydrogens (tertiary/aromatic N) is 4. The molecule has 3 rings (SSSR count). The normalized spacial score (nSPS) is 10.5. The molecule has 0 spiro atoms. The van der Waals surface area contributed by atoms with Gasteiger partial charge in [0.05, 0.1) is 12.9 Å². The number of pyridine rings is 1. The number of hydrogen-bond donors (Lipinski definition) is 1. The van der Waals surface area contributed by atoms with Crippen LogP contribution in [0.1, 0.15) is 5.82 Å². The van der Waals surface area contributed by atoms with Crippen molar-refractivity contribution in [3.63, 3.8) is 0 Å². The minimum atomic E-state index is -0.168. The largest absolute Gasteiger partial charge is 0.497 e. The van der Waals surface area contributed by atoms with Crippen LogP contribution >= 0.6 is 27.7 Å². The number of methoxy groups -OCH3 is 1. The average molecular weight is 464 g/mol. The van der Waals surface area contributed by atoms with E-state index in [4.69, 9.17) is 9.47 Å². The van der Waals surface area contributed by atoms with Gasteiger partial charge in [0.15, 0.2) is 11.0 Å². The zero-order valence-electron chi connectivity index (χ0n) is 15.3. The van der Waals surface area contributed by atoms with Crippen LogP contribution < -0.4 is 14.8 Å². The number of halogens is 1. The number of amides is 1. The van der Waals surface area contributed by atoms with Crippen LogP contribution in [0, 0.1) is 0 Å². The Morgan fingerprint density at radius 1 is 1.18 bits per heavy atom. The lowest BCUT2D eigenvalue weighted by atomic mass is 10.3. The summed E-state index contributed by atoms with van der Waals surface area (Å²) in [6.45, 7) is 0.269. The van der Waals surface area contributed by atoms with Crippen molar-refractivity contribution in [1.29, 1.82) is 0 Å². The smallest absolute Gasteiger partial charge is 0.236 e. The highest BCUT2D eigenvalue weighted by Gasteiger charge is 2.12. The van der Waals surface area contributed by atoms with Gasteiger partial charge in [0.25, 0.3) is 0 Å². The maximum absolute atomic E-state index is 12.1. The topological polar surface area (TPSA) is 91.2 Å². The van der Waals surface area contributed by atoms with Gasteiger partial charge in [-0.2, -0.15) is 0 Å². The Bertz CT molecular complexity index is 931. The number of nitrogens with one attached hydrogen (secondary N) is 1. The fourth-order valence-electron chi connectivity index (χ4n) is 2.18. The third-order valence-corrected chi connectivity index (χ3v) is 5.17. The molecule has 2 aromatic heterocycles. The lowest BCUT2D eigenvalue weighted by Crippen LogP contribution is -2.15. The fourth-order valence-corrected chi connectivity index (χ4v) is 3.14. The predicted molar refractivity (Wildman–Crippen MR) is 110 cm³/mol. The number of aromatic nitrogens is 4. The maximum Gasteiger partial charge on any atom is 0.236 e. The average Bonchev–Trinajstić information content (AvgIpc) is 3.06. The van der Waals surface area contributed by atoms with Gasteiger partial charge in [0, 0.05) is 17.7 Å². The van der Waals surface area contributed by atoms with E-state index in [1.165, 1.54) is 11.8 Å². The minimum Gasteiger partial charge on any atom is -0.497 e. The highest BCUT2D eigenvalue weighted by atomic mass is 79.9. The molecule has 2 heterocycles. The second-order valence-corrected chi connectivity index (χ2v) is 7.48. The van der Waals surface area contributed by atoms with Gasteiger partial charge < -0.3 is 19.4 Å². The van der Waals surface area contributed by atoms with E-state index in [1.54, 1.807) is 23.9 Å². The molecule has 0 saturated heterocycles. The van der Waals surface area contributed by atoms with E-state index in [0.29, 0.717) is 22.5 Å². The van der Waals surface area contributed by atoms with E-state index >= 15 is 0 Å². The number of anilines is 1. The van der Waals surface area contributed by atoms with Crippen LogP contribution in [0.15, 0.2) is 52.2 Å². The Balaban J connectivity index is 1.50. The van der Waals surface area contributed by atoms with Gasteiger partial charge in [-0.1, -0.05) is 11.8 Å². The molecule has 0 bridgehead atoms. The molecular formula is C18H18BrN5O3S. The summed E-state index contributed by atoms with van der Waals surface area (Å²) in [6, 6.07) is 10.8. The Kier molecular flexibility index (Phi) is 6.88. The number of carbonyl (C=O) groups excluding carboxylic acids is 1. The van der Waals surface area contributed by atoms with E-state index < -0.39 is 0 Å². The minimum absolute atomic E-state index is 0.168. The van der Waals surface area contributed by atoms with Crippen molar-refractivity contribution in [3.8, 4) is 11.5 Å². The number of hydrogen-bond acceptors (Lipinski definition) is 7. The van der Waals surface area contributed by atoms with Crippen molar-refractivity contribution in [2.75, 3.05) is 18.2 Å². The molecule has 3 aromatic rings. The van der Waals surface area contributed by atoms with Crippen LogP contribution in [0.3, 0.4) is 0 Å². The number of rotatable bonds is 8. The third kappa shape index (κ3) is 5.46. The Hall–Kier alpha value is -2.59. The molecule has 0 radical (unpaired) electrons. The van der Waals surface area contributed by atoms with Gasteiger partial charge in [0.2, 0.25) is 5.91 Å². The summed E-state index contributed by atoms with van der Waals surface area (Å²) < 4.78 is 13.5. The van der Waals surface area contributed by atoms with Crippen molar-refractivity contribution < 1.29 is 14.3 Å². The quantitative estimate of drug-likeness (QED) is 0.512. The number of carbonyl (C=O) groups is 1. The molecule has 1 amide bonds. The molecule has 0 aliphatic rings. The van der Waals surface area contributed by atoms with Gasteiger partial charge in [0.1, 0.15) is 23.9 Å². The number of thioether (sulfide) groups is 1. The van der Waals surface area contributed by atoms with Crippen molar-refractivity contribution >= 4 is 39.4 Å². The summed E-state index contributed by atoms with van der Waals surface area (Å²) in [4.78, 5) is 16.2. The monoisotopic (exact) mass is 463 g/mol. The molecule has 10 heteroatoms. The van der Waals surface area contributed by atoms with Crippen LogP contribution in [0.5, 0.6) is 11.5 Å². The molecule has 28 heavy (non-hydrogen) atoms. The van der Waals surface area contributed by atoms with Crippen LogP contribution in [-0.2, 0) is 18.4 Å². The first-order chi connectivity index (χ1) is 13.5. The van der Waals surface area contributed by atoms with Gasteiger partial charge in [-0.3, -0.25) is 4.79 Å². The standard InChI is InChI=1S/C18H18BrN5O3S/c1-24-16(10-27-14-6-4-13(26-2)5-7-14)22-23-18(24)28-11-17(25)21-15-8-3-12(19)9-20-15/h3-9H,10-11H2,1-2H3,(H,20,21,25). The SMILES string of the molecule is COc1ccc(OCc2nnc(SCC(=O)Nc3ccc(Br)cn3)n2C)cc1. The Morgan fingerprint density at radius 3 is 2.61 bits per heavy atom. The highest BCUT2D eigenvalue weighted by Crippen LogP contribution is 2.20. The second kappa shape index (κ2) is 9.56. The zero-order valence-corrected chi connectivity index (χ0v) is 17.7. The fraction of sp³-hybridized carbons (Fsp3) is 0.222. The Morgan fingerprint density at radius 2 is 1.93 bits per heavy atom. The molecule has 0 unspecified atom stereocenters. The molecular weight excluding hydrogens is 446 g/mol. The molecule has 8 nitrogen and oxygen atoms in total. The van der Waals surface area contributed by atoms with Gasteiger partial charge in [-0.25, -0.2) is 4.98 Å². The second-order valence-electron chi connectivity index (χ2n) is 5.62. The molecule has 0 saturated carbocycles. The summed E-state index contributed by atoms with van der Waals surface area (Å²) in [5.74, 6) is 2.66. The van der Waals surface area contributed by atoms with Crippen molar-refractivity contribution in [3.05, 3.63) is 52.9 Å². The van der Waals surface area contributed by atoms with Crippen LogP contribution in [0.2, 0.25) is 0 Å². The summed E-state index contributed by atoms with van der Waals surface area (Å²) in [5, 5.41) is 11.6. The van der Waals surface area contributed by atoms with E-state index in [9.17, 15) is 4.79 Å². The zero-order chi connectivity index (χ0) is 19.9. The van der Waals surface area contributed by atoms with E-state index in [-0.39, 0.29) is 18.3 Å². The first kappa shape index (κ1) is 20.2. The molecule has 1 N–H and O–H groups in total. The first-order valence-corrected chi connectivity index (χ1v) is 10.0. The number of benzene rings is 1. The van der Waals surface area contributed by atoms with Gasteiger partial charge in [-0.05, 0) is 52.3 Å². The lowest BCUT2D eigenvalue weighted by Gasteiger charge is -2.07. The van der Waals surface area contributed by atoms with Crippen LogP contribution in [0.4, 0.5) is 5.82 Å². The summed E-state index contributed by atoms with van der Waals surface area (Å²) in [6.07, 6.45) is 1.63. The van der Waals surface area contributed by atoms with Gasteiger partial charge in [-0.15, -0.1) is 10.2 Å². The van der Waals surface area contributed by atoms with Crippen LogP contribution in [0.25, 0.3) is 0 Å². The Labute approximate surface area is 174 Å². The molecule has 0 atom stereocenters. The summed E-state index contributed by atoms with van der Waals surface area (Å²) in [5.41, 5.74) is 0. The molecule has 146 valence electrons. The molecule has 1 aromatic carbocycles. The van der Waals surface area contributed by atoms with Crippen molar-refractivity contribution in [2.24, 2.45) is 7.05 Å². The molecule has 0 aliphatic carbocycles. The van der Waals surface area contributed by atoms with Crippen molar-refractivity contribution in [2.45, 2.75) is 11.8 Å². The highest BCUT2D eigenvalue weighted by molar-refractivity contribution is 9.10. The van der Waals surface area contributed by atoms with Crippen LogP contribution in [-0.4, -0.2) is 38.5 Å². The first-order valence-electron chi connectivity index (χ1n) is 8.24. The van der Waals surface area contributed by atoms with E-state index in [2.05, 4.69) is 36.4 Å². The molecule has 0 aliphatic heterocycles. The van der Waals surface area contributed by atoms with Gasteiger partial charge >= 0.3 is 0 Å². The van der Waals surface area contributed by atoms with E-state index in [1.807, 2.05) is 37.4 Å². The predicted octanol–water partition coefficient (Wildman–Crippen LogP) is 3.29. The lowest BCUT2D eigenvalue weighted by molar-refractivity contribution is -0.113. The summed E-state index contributed by atoms with van der Waals surface area (Å²) in [7, 11) is 3.45. The maximum atomic E-state index is 12.1. The number of ether oxygens (including phenoxy) is 2.